The summed E-state index contributed by atoms with van der Waals surface area (Å²) < 4.78 is 36.1. The number of carbonyl (C=O) groups is 2. The Morgan fingerprint density at radius 1 is 1.08 bits per heavy atom. The van der Waals surface area contributed by atoms with E-state index in [4.69, 9.17) is 18.6 Å². The molecule has 0 bridgehead atoms. The van der Waals surface area contributed by atoms with E-state index in [2.05, 4.69) is 4.98 Å². The van der Waals surface area contributed by atoms with Crippen molar-refractivity contribution in [3.63, 3.8) is 0 Å². The summed E-state index contributed by atoms with van der Waals surface area (Å²) in [6.07, 6.45) is 2.47. The van der Waals surface area contributed by atoms with E-state index in [1.165, 1.54) is 12.3 Å². The average Bonchev–Trinajstić information content (AvgIpc) is 3.59. The summed E-state index contributed by atoms with van der Waals surface area (Å²) in [5.74, 6) is 0.791. The van der Waals surface area contributed by atoms with Crippen molar-refractivity contribution in [3.05, 3.63) is 77.3 Å². The van der Waals surface area contributed by atoms with Crippen LogP contribution in [0.25, 0.3) is 0 Å². The fraction of sp³-hybridized carbons (Fsp3) is 0.393. The smallest absolute Gasteiger partial charge is 0.309 e. The minimum atomic E-state index is -0.294. The van der Waals surface area contributed by atoms with Crippen molar-refractivity contribution in [2.24, 2.45) is 5.92 Å². The number of hydrogen-bond donors (Lipinski definition) is 0. The number of esters is 1. The Balaban J connectivity index is 1.26. The van der Waals surface area contributed by atoms with Gasteiger partial charge in [-0.05, 0) is 43.5 Å². The summed E-state index contributed by atoms with van der Waals surface area (Å²) in [6.45, 7) is 4.27. The molecule has 1 aromatic heterocycles. The third-order valence-electron chi connectivity index (χ3n) is 6.73. The largest absolute Gasteiger partial charge is 0.466 e. The number of halogens is 1. The van der Waals surface area contributed by atoms with Crippen LogP contribution in [0, 0.1) is 11.7 Å². The van der Waals surface area contributed by atoms with E-state index in [9.17, 15) is 14.0 Å². The van der Waals surface area contributed by atoms with Crippen LogP contribution in [0.3, 0.4) is 0 Å². The van der Waals surface area contributed by atoms with Gasteiger partial charge in [-0.3, -0.25) is 14.5 Å². The Labute approximate surface area is 220 Å². The first kappa shape index (κ1) is 25.7. The van der Waals surface area contributed by atoms with Crippen molar-refractivity contribution < 1.29 is 32.6 Å². The molecule has 0 saturated carbocycles. The van der Waals surface area contributed by atoms with E-state index < -0.39 is 0 Å². The number of likely N-dealkylation sites (tertiary alicyclic amines) is 1. The number of fused-ring (bicyclic) bond motifs is 1. The highest BCUT2D eigenvalue weighted by Crippen LogP contribution is 2.33. The lowest BCUT2D eigenvalue weighted by Gasteiger charge is -2.30. The van der Waals surface area contributed by atoms with E-state index >= 15 is 0 Å². The van der Waals surface area contributed by atoms with Crippen LogP contribution in [0.2, 0.25) is 0 Å². The van der Waals surface area contributed by atoms with Crippen LogP contribution in [0.4, 0.5) is 4.39 Å². The van der Waals surface area contributed by atoms with Gasteiger partial charge in [-0.15, -0.1) is 0 Å². The normalized spacial score (nSPS) is 15.2. The summed E-state index contributed by atoms with van der Waals surface area (Å²) in [7, 11) is 0. The summed E-state index contributed by atoms with van der Waals surface area (Å²) in [4.78, 5) is 33.1. The molecule has 0 unspecified atom stereocenters. The van der Waals surface area contributed by atoms with Gasteiger partial charge in [0, 0.05) is 31.7 Å². The molecule has 1 fully saturated rings. The third-order valence-corrected chi connectivity index (χ3v) is 6.73. The van der Waals surface area contributed by atoms with Crippen molar-refractivity contribution in [3.8, 4) is 11.5 Å². The highest BCUT2D eigenvalue weighted by Gasteiger charge is 2.30. The molecule has 3 heterocycles. The van der Waals surface area contributed by atoms with E-state index in [0.717, 1.165) is 5.56 Å². The number of rotatable bonds is 9. The maximum atomic E-state index is 14.5. The van der Waals surface area contributed by atoms with E-state index in [1.54, 1.807) is 30.0 Å². The molecule has 0 spiro atoms. The number of ether oxygens (including phenoxy) is 3. The van der Waals surface area contributed by atoms with Gasteiger partial charge < -0.3 is 23.5 Å². The zero-order chi connectivity index (χ0) is 26.5. The molecule has 2 aliphatic heterocycles. The number of piperidine rings is 1. The molecule has 9 nitrogen and oxygen atoms in total. The Kier molecular flexibility index (Phi) is 7.88. The van der Waals surface area contributed by atoms with Gasteiger partial charge in [0.05, 0.1) is 19.1 Å². The SMILES string of the molecule is CCOC(=O)C1CCN(C(=O)c2coc(CN(Cc3ccc4c(c3)OCO4)Cc3ccccc3F)n2)CC1. The number of aromatic nitrogens is 1. The molecule has 0 aliphatic carbocycles. The molecule has 10 heteroatoms. The Hall–Kier alpha value is -3.92. The topological polar surface area (TPSA) is 94.3 Å². The molecular weight excluding hydrogens is 493 g/mol. The second-order valence-corrected chi connectivity index (χ2v) is 9.37. The molecule has 0 atom stereocenters. The molecule has 0 radical (unpaired) electrons. The molecule has 38 heavy (non-hydrogen) atoms. The lowest BCUT2D eigenvalue weighted by atomic mass is 9.97. The van der Waals surface area contributed by atoms with Crippen LogP contribution in [0.1, 0.15) is 47.3 Å². The Morgan fingerprint density at radius 3 is 2.66 bits per heavy atom. The van der Waals surface area contributed by atoms with Crippen molar-refractivity contribution in [2.45, 2.75) is 39.4 Å². The van der Waals surface area contributed by atoms with E-state index in [1.807, 2.05) is 23.1 Å². The molecule has 2 aromatic carbocycles. The van der Waals surface area contributed by atoms with Crippen molar-refractivity contribution in [2.75, 3.05) is 26.5 Å². The lowest BCUT2D eigenvalue weighted by molar-refractivity contribution is -0.149. The number of benzene rings is 2. The van der Waals surface area contributed by atoms with Crippen molar-refractivity contribution in [1.29, 1.82) is 0 Å². The van der Waals surface area contributed by atoms with Crippen molar-refractivity contribution in [1.82, 2.24) is 14.8 Å². The minimum absolute atomic E-state index is 0.185. The van der Waals surface area contributed by atoms with Crippen LogP contribution in [-0.2, 0) is 29.2 Å². The average molecular weight is 524 g/mol. The number of amides is 1. The highest BCUT2D eigenvalue weighted by atomic mass is 19.1. The second-order valence-electron chi connectivity index (χ2n) is 9.37. The maximum absolute atomic E-state index is 14.5. The van der Waals surface area contributed by atoms with Gasteiger partial charge in [-0.2, -0.15) is 0 Å². The standard InChI is InChI=1S/C28H30FN3O6/c1-2-35-28(34)20-9-11-32(12-10-20)27(33)23-17-36-26(30-23)16-31(15-21-5-3-4-6-22(21)29)14-19-7-8-24-25(13-19)38-18-37-24/h3-8,13,17,20H,2,9-12,14-16,18H2,1H3. The summed E-state index contributed by atoms with van der Waals surface area (Å²) in [6, 6.07) is 12.3. The molecule has 3 aromatic rings. The highest BCUT2D eigenvalue weighted by molar-refractivity contribution is 5.92. The first-order chi connectivity index (χ1) is 18.5. The van der Waals surface area contributed by atoms with E-state index in [0.29, 0.717) is 68.6 Å². The van der Waals surface area contributed by atoms with Crippen LogP contribution < -0.4 is 9.47 Å². The first-order valence-electron chi connectivity index (χ1n) is 12.7. The monoisotopic (exact) mass is 523 g/mol. The van der Waals surface area contributed by atoms with Gasteiger partial charge in [0.2, 0.25) is 12.7 Å². The zero-order valence-electron chi connectivity index (χ0n) is 21.2. The summed E-state index contributed by atoms with van der Waals surface area (Å²) >= 11 is 0. The summed E-state index contributed by atoms with van der Waals surface area (Å²) in [5, 5.41) is 0. The number of oxazole rings is 1. The molecule has 200 valence electrons. The maximum Gasteiger partial charge on any atom is 0.309 e. The third kappa shape index (κ3) is 5.96. The van der Waals surface area contributed by atoms with Gasteiger partial charge in [-0.1, -0.05) is 24.3 Å². The predicted octanol–water partition coefficient (Wildman–Crippen LogP) is 4.16. The quantitative estimate of drug-likeness (QED) is 0.386. The molecule has 0 N–H and O–H groups in total. The lowest BCUT2D eigenvalue weighted by Crippen LogP contribution is -2.40. The fourth-order valence-corrected chi connectivity index (χ4v) is 4.75. The predicted molar refractivity (Wildman–Crippen MR) is 134 cm³/mol. The molecular formula is C28H30FN3O6. The number of hydrogen-bond acceptors (Lipinski definition) is 8. The summed E-state index contributed by atoms with van der Waals surface area (Å²) in [5.41, 5.74) is 1.71. The van der Waals surface area contributed by atoms with E-state index in [-0.39, 0.29) is 42.6 Å². The minimum Gasteiger partial charge on any atom is -0.466 e. The van der Waals surface area contributed by atoms with Crippen LogP contribution >= 0.6 is 0 Å². The van der Waals surface area contributed by atoms with Gasteiger partial charge in [0.25, 0.3) is 5.91 Å². The van der Waals surface area contributed by atoms with Gasteiger partial charge >= 0.3 is 5.97 Å². The molecule has 5 rings (SSSR count). The number of nitrogens with zero attached hydrogens (tertiary/aromatic N) is 3. The Bertz CT molecular complexity index is 1290. The first-order valence-corrected chi connectivity index (χ1v) is 12.7. The number of carbonyl (C=O) groups excluding carboxylic acids is 2. The second kappa shape index (κ2) is 11.6. The van der Waals surface area contributed by atoms with Crippen LogP contribution in [0.15, 0.2) is 53.1 Å². The van der Waals surface area contributed by atoms with Crippen LogP contribution in [-0.4, -0.2) is 53.1 Å². The van der Waals surface area contributed by atoms with Gasteiger partial charge in [0.15, 0.2) is 17.2 Å². The molecule has 1 amide bonds. The van der Waals surface area contributed by atoms with Gasteiger partial charge in [0.1, 0.15) is 12.1 Å². The fourth-order valence-electron chi connectivity index (χ4n) is 4.75. The van der Waals surface area contributed by atoms with Crippen LogP contribution in [0.5, 0.6) is 11.5 Å². The molecule has 1 saturated heterocycles. The Morgan fingerprint density at radius 2 is 1.87 bits per heavy atom. The van der Waals surface area contributed by atoms with Crippen molar-refractivity contribution >= 4 is 11.9 Å². The van der Waals surface area contributed by atoms with Gasteiger partial charge in [-0.25, -0.2) is 9.37 Å². The zero-order valence-corrected chi connectivity index (χ0v) is 21.2. The molecule has 2 aliphatic rings.